The van der Waals surface area contributed by atoms with Crippen LogP contribution in [0.15, 0.2) is 42.6 Å². The molecule has 7 nitrogen and oxygen atoms in total. The first kappa shape index (κ1) is 22.2. The Morgan fingerprint density at radius 3 is 2.53 bits per heavy atom. The first-order chi connectivity index (χ1) is 16.4. The van der Waals surface area contributed by atoms with Crippen LogP contribution in [0.25, 0.3) is 10.2 Å². The van der Waals surface area contributed by atoms with Gasteiger partial charge in [-0.1, -0.05) is 12.1 Å². The van der Waals surface area contributed by atoms with Gasteiger partial charge in [0.05, 0.1) is 10.3 Å². The lowest BCUT2D eigenvalue weighted by molar-refractivity contribution is 0.103. The number of pyridine rings is 1. The number of anilines is 3. The van der Waals surface area contributed by atoms with Crippen LogP contribution in [0.5, 0.6) is 0 Å². The van der Waals surface area contributed by atoms with Crippen molar-refractivity contribution < 1.29 is 9.18 Å². The molecule has 0 aliphatic carbocycles. The second-order valence-electron chi connectivity index (χ2n) is 8.41. The summed E-state index contributed by atoms with van der Waals surface area (Å²) in [7, 11) is 0. The molecule has 174 valence electrons. The summed E-state index contributed by atoms with van der Waals surface area (Å²) in [4.78, 5) is 32.9. The number of hydrogen-bond donors (Lipinski definition) is 1. The molecule has 0 saturated carbocycles. The van der Waals surface area contributed by atoms with E-state index in [1.165, 1.54) is 23.5 Å². The van der Waals surface area contributed by atoms with Crippen molar-refractivity contribution in [2.75, 3.05) is 41.3 Å². The van der Waals surface area contributed by atoms with Crippen LogP contribution in [0.4, 0.5) is 21.7 Å². The smallest absolute Gasteiger partial charge is 0.266 e. The van der Waals surface area contributed by atoms with Crippen LogP contribution in [-0.2, 0) is 0 Å². The lowest BCUT2D eigenvalue weighted by Crippen LogP contribution is -2.47. The monoisotopic (exact) mass is 476 g/mol. The molecular formula is C25H25FN6OS. The molecule has 0 spiro atoms. The summed E-state index contributed by atoms with van der Waals surface area (Å²) in [6.07, 6.45) is 1.81. The first-order valence-corrected chi connectivity index (χ1v) is 12.0. The molecular weight excluding hydrogens is 451 g/mol. The topological polar surface area (TPSA) is 74.2 Å². The molecule has 1 amide bonds. The maximum atomic E-state index is 13.7. The zero-order valence-corrected chi connectivity index (χ0v) is 20.1. The van der Waals surface area contributed by atoms with E-state index in [4.69, 9.17) is 4.98 Å². The fraction of sp³-hybridized carbons (Fsp3) is 0.280. The van der Waals surface area contributed by atoms with Gasteiger partial charge in [-0.25, -0.2) is 19.3 Å². The van der Waals surface area contributed by atoms with Crippen molar-refractivity contribution in [2.45, 2.75) is 20.8 Å². The van der Waals surface area contributed by atoms with E-state index in [-0.39, 0.29) is 11.7 Å². The molecule has 0 radical (unpaired) electrons. The fourth-order valence-electron chi connectivity index (χ4n) is 4.26. The average molecular weight is 477 g/mol. The number of nitrogens with zero attached hydrogens (tertiary/aromatic N) is 5. The molecule has 0 unspecified atom stereocenters. The van der Waals surface area contributed by atoms with Crippen LogP contribution in [-0.4, -0.2) is 47.0 Å². The summed E-state index contributed by atoms with van der Waals surface area (Å²) in [5, 5.41) is 3.77. The predicted octanol–water partition coefficient (Wildman–Crippen LogP) is 4.73. The van der Waals surface area contributed by atoms with Crippen molar-refractivity contribution in [1.82, 2.24) is 15.0 Å². The molecule has 4 heterocycles. The lowest BCUT2D eigenvalue weighted by Gasteiger charge is -2.36. The molecule has 9 heteroatoms. The van der Waals surface area contributed by atoms with E-state index in [0.29, 0.717) is 16.4 Å². The number of thiophene rings is 1. The van der Waals surface area contributed by atoms with Crippen molar-refractivity contribution in [2.24, 2.45) is 0 Å². The molecule has 3 aromatic heterocycles. The Labute approximate surface area is 201 Å². The van der Waals surface area contributed by atoms with E-state index in [1.54, 1.807) is 6.07 Å². The van der Waals surface area contributed by atoms with Gasteiger partial charge in [0.25, 0.3) is 5.91 Å². The molecule has 1 N–H and O–H groups in total. The summed E-state index contributed by atoms with van der Waals surface area (Å²) < 4.78 is 13.7. The van der Waals surface area contributed by atoms with Gasteiger partial charge in [0.2, 0.25) is 0 Å². The van der Waals surface area contributed by atoms with Gasteiger partial charge in [-0.05, 0) is 56.2 Å². The zero-order valence-electron chi connectivity index (χ0n) is 19.3. The minimum Gasteiger partial charge on any atom is -0.353 e. The quantitative estimate of drug-likeness (QED) is 0.459. The molecule has 1 fully saturated rings. The number of amides is 1. The minimum absolute atomic E-state index is 0.266. The van der Waals surface area contributed by atoms with Crippen LogP contribution in [0.1, 0.15) is 26.6 Å². The molecule has 1 saturated heterocycles. The second-order valence-corrected chi connectivity index (χ2v) is 9.41. The van der Waals surface area contributed by atoms with Crippen molar-refractivity contribution in [3.8, 4) is 0 Å². The molecule has 0 bridgehead atoms. The van der Waals surface area contributed by atoms with Gasteiger partial charge in [0.15, 0.2) is 0 Å². The van der Waals surface area contributed by atoms with Crippen molar-refractivity contribution in [3.63, 3.8) is 0 Å². The number of hydrogen-bond acceptors (Lipinski definition) is 7. The van der Waals surface area contributed by atoms with Crippen LogP contribution in [0.2, 0.25) is 0 Å². The summed E-state index contributed by atoms with van der Waals surface area (Å²) in [6.45, 7) is 8.89. The van der Waals surface area contributed by atoms with Gasteiger partial charge in [0, 0.05) is 38.1 Å². The van der Waals surface area contributed by atoms with Gasteiger partial charge in [0.1, 0.15) is 28.1 Å². The highest BCUT2D eigenvalue weighted by Crippen LogP contribution is 2.36. The van der Waals surface area contributed by atoms with Crippen LogP contribution in [0.3, 0.4) is 0 Å². The molecule has 34 heavy (non-hydrogen) atoms. The highest BCUT2D eigenvalue weighted by molar-refractivity contribution is 7.20. The van der Waals surface area contributed by atoms with E-state index >= 15 is 0 Å². The summed E-state index contributed by atoms with van der Waals surface area (Å²) >= 11 is 1.35. The Balaban J connectivity index is 1.44. The second kappa shape index (κ2) is 8.98. The highest BCUT2D eigenvalue weighted by Gasteiger charge is 2.26. The number of nitrogens with one attached hydrogen (secondary N) is 1. The number of aromatic nitrogens is 3. The number of fused-ring (bicyclic) bond motifs is 1. The minimum atomic E-state index is -0.386. The number of carbonyl (C=O) groups excluding carboxylic acids is 1. The van der Waals surface area contributed by atoms with Gasteiger partial charge >= 0.3 is 0 Å². The largest absolute Gasteiger partial charge is 0.353 e. The van der Waals surface area contributed by atoms with Crippen molar-refractivity contribution >= 4 is 44.8 Å². The van der Waals surface area contributed by atoms with E-state index in [2.05, 4.69) is 25.1 Å². The van der Waals surface area contributed by atoms with Gasteiger partial charge in [-0.2, -0.15) is 0 Å². The maximum absolute atomic E-state index is 13.7. The van der Waals surface area contributed by atoms with Crippen molar-refractivity contribution in [1.29, 1.82) is 0 Å². The number of rotatable bonds is 4. The average Bonchev–Trinajstić information content (AvgIpc) is 3.17. The van der Waals surface area contributed by atoms with E-state index in [9.17, 15) is 9.18 Å². The number of halogens is 1. The number of piperazine rings is 1. The van der Waals surface area contributed by atoms with Gasteiger partial charge < -0.3 is 15.1 Å². The van der Waals surface area contributed by atoms with Crippen LogP contribution >= 0.6 is 11.3 Å². The fourth-order valence-corrected chi connectivity index (χ4v) is 5.38. The molecule has 4 aromatic rings. The number of benzene rings is 1. The van der Waals surface area contributed by atoms with Gasteiger partial charge in [-0.3, -0.25) is 4.79 Å². The van der Waals surface area contributed by atoms with E-state index in [0.717, 1.165) is 59.2 Å². The summed E-state index contributed by atoms with van der Waals surface area (Å²) in [5.74, 6) is 1.85. The van der Waals surface area contributed by atoms with Crippen molar-refractivity contribution in [3.05, 3.63) is 70.2 Å². The van der Waals surface area contributed by atoms with E-state index < -0.39 is 0 Å². The lowest BCUT2D eigenvalue weighted by atomic mass is 10.1. The third kappa shape index (κ3) is 4.19. The van der Waals surface area contributed by atoms with Crippen LogP contribution in [0, 0.1) is 26.6 Å². The molecule has 0 atom stereocenters. The third-order valence-electron chi connectivity index (χ3n) is 6.09. The van der Waals surface area contributed by atoms with Crippen LogP contribution < -0.4 is 15.1 Å². The predicted molar refractivity (Wildman–Crippen MR) is 135 cm³/mol. The third-order valence-corrected chi connectivity index (χ3v) is 7.27. The Kier molecular flexibility index (Phi) is 5.87. The SMILES string of the molecule is Cc1nc(N2CCN(c3ccccn3)CC2)c2c(C)c(C(=O)Nc3cc(F)ccc3C)sc2n1. The Morgan fingerprint density at radius 2 is 1.79 bits per heavy atom. The normalized spacial score (nSPS) is 14.0. The summed E-state index contributed by atoms with van der Waals surface area (Å²) in [5.41, 5.74) is 2.11. The molecule has 1 aliphatic heterocycles. The van der Waals surface area contributed by atoms with E-state index in [1.807, 2.05) is 45.2 Å². The molecule has 1 aromatic carbocycles. The highest BCUT2D eigenvalue weighted by atomic mass is 32.1. The Morgan fingerprint density at radius 1 is 1.03 bits per heavy atom. The molecule has 5 rings (SSSR count). The number of carbonyl (C=O) groups is 1. The number of aryl methyl sites for hydroxylation is 3. The Hall–Kier alpha value is -3.59. The maximum Gasteiger partial charge on any atom is 0.266 e. The van der Waals surface area contributed by atoms with Gasteiger partial charge in [-0.15, -0.1) is 11.3 Å². The standard InChI is InChI=1S/C25H25FN6OS/c1-15-7-8-18(26)14-19(15)30-24(33)22-16(2)21-23(28-17(3)29-25(21)34-22)32-12-10-31(11-13-32)20-6-4-5-9-27-20/h4-9,14H,10-13H2,1-3H3,(H,30,33). The first-order valence-electron chi connectivity index (χ1n) is 11.2. The Bertz CT molecular complexity index is 1370. The molecule has 1 aliphatic rings. The summed E-state index contributed by atoms with van der Waals surface area (Å²) in [6, 6.07) is 10.3. The zero-order chi connectivity index (χ0) is 23.8.